The maximum Gasteiger partial charge on any atom is 0.161 e. The van der Waals surface area contributed by atoms with Crippen LogP contribution in [-0.4, -0.2) is 25.7 Å². The van der Waals surface area contributed by atoms with Gasteiger partial charge in [0.25, 0.3) is 0 Å². The molecule has 0 saturated heterocycles. The Kier molecular flexibility index (Phi) is 8.24. The van der Waals surface area contributed by atoms with Gasteiger partial charge < -0.3 is 9.47 Å². The molecule has 0 unspecified atom stereocenters. The minimum atomic E-state index is 0.231. The lowest BCUT2D eigenvalue weighted by molar-refractivity contribution is -0.118. The lowest BCUT2D eigenvalue weighted by Gasteiger charge is -2.11. The number of methoxy groups -OCH3 is 2. The molecule has 0 atom stereocenters. The molecule has 0 radical (unpaired) electrons. The van der Waals surface area contributed by atoms with Crippen molar-refractivity contribution < 1.29 is 14.3 Å². The van der Waals surface area contributed by atoms with Crippen LogP contribution in [0.1, 0.15) is 52.5 Å². The largest absolute Gasteiger partial charge is 0.493 e. The molecule has 0 amide bonds. The van der Waals surface area contributed by atoms with E-state index in [-0.39, 0.29) is 5.78 Å². The molecule has 0 N–H and O–H groups in total. The summed E-state index contributed by atoms with van der Waals surface area (Å²) in [5.41, 5.74) is 2.63. The molecule has 1 aromatic carbocycles. The molecule has 1 rings (SSSR count). The van der Waals surface area contributed by atoms with Crippen LogP contribution in [-0.2, 0) is 4.79 Å². The van der Waals surface area contributed by atoms with Crippen molar-refractivity contribution in [3.63, 3.8) is 0 Å². The van der Waals surface area contributed by atoms with Crippen LogP contribution in [0.5, 0.6) is 11.5 Å². The highest BCUT2D eigenvalue weighted by Gasteiger charge is 2.10. The van der Waals surface area contributed by atoms with Crippen LogP contribution < -0.4 is 9.47 Å². The third-order valence-corrected chi connectivity index (χ3v) is 3.48. The second-order valence-electron chi connectivity index (χ2n) is 6.23. The van der Waals surface area contributed by atoms with Crippen LogP contribution in [0.3, 0.4) is 0 Å². The van der Waals surface area contributed by atoms with Crippen LogP contribution in [0, 0.1) is 5.92 Å². The van der Waals surface area contributed by atoms with E-state index >= 15 is 0 Å². The SMILES string of the molecule is CC/C=C(\N=C(C)CC(=O)CC(C)C)c1ccc(OC)c(OC)c1. The highest BCUT2D eigenvalue weighted by molar-refractivity contribution is 6.02. The number of benzene rings is 1. The molecule has 0 spiro atoms. The van der Waals surface area contributed by atoms with Crippen molar-refractivity contribution in [2.24, 2.45) is 10.9 Å². The summed E-state index contributed by atoms with van der Waals surface area (Å²) in [5, 5.41) is 0. The van der Waals surface area contributed by atoms with Crippen molar-refractivity contribution >= 4 is 17.2 Å². The van der Waals surface area contributed by atoms with Gasteiger partial charge in [0.15, 0.2) is 11.5 Å². The molecule has 0 aromatic heterocycles. The van der Waals surface area contributed by atoms with Gasteiger partial charge in [0.1, 0.15) is 5.78 Å². The van der Waals surface area contributed by atoms with Gasteiger partial charge in [0.05, 0.1) is 19.9 Å². The highest BCUT2D eigenvalue weighted by Crippen LogP contribution is 2.31. The van der Waals surface area contributed by atoms with Crippen molar-refractivity contribution in [1.82, 2.24) is 0 Å². The lowest BCUT2D eigenvalue weighted by Crippen LogP contribution is -2.08. The fourth-order valence-corrected chi connectivity index (χ4v) is 2.47. The zero-order chi connectivity index (χ0) is 18.1. The molecular formula is C20H29NO3. The van der Waals surface area contributed by atoms with Crippen molar-refractivity contribution in [3.05, 3.63) is 29.8 Å². The Morgan fingerprint density at radius 1 is 1.21 bits per heavy atom. The van der Waals surface area contributed by atoms with E-state index < -0.39 is 0 Å². The van der Waals surface area contributed by atoms with Gasteiger partial charge in [-0.25, -0.2) is 0 Å². The Labute approximate surface area is 145 Å². The van der Waals surface area contributed by atoms with Crippen molar-refractivity contribution in [3.8, 4) is 11.5 Å². The molecule has 24 heavy (non-hydrogen) atoms. The minimum Gasteiger partial charge on any atom is -0.493 e. The molecule has 0 heterocycles. The smallest absolute Gasteiger partial charge is 0.161 e. The fourth-order valence-electron chi connectivity index (χ4n) is 2.47. The molecule has 4 heteroatoms. The quantitative estimate of drug-likeness (QED) is 0.603. The van der Waals surface area contributed by atoms with E-state index in [1.54, 1.807) is 14.2 Å². The second-order valence-corrected chi connectivity index (χ2v) is 6.23. The second kappa shape index (κ2) is 9.91. The molecule has 0 fully saturated rings. The monoisotopic (exact) mass is 331 g/mol. The van der Waals surface area contributed by atoms with Gasteiger partial charge in [-0.3, -0.25) is 9.79 Å². The summed E-state index contributed by atoms with van der Waals surface area (Å²) in [6.07, 6.45) is 3.90. The van der Waals surface area contributed by atoms with E-state index in [1.807, 2.05) is 25.1 Å². The van der Waals surface area contributed by atoms with Gasteiger partial charge in [-0.1, -0.05) is 26.8 Å². The van der Waals surface area contributed by atoms with Gasteiger partial charge in [-0.2, -0.15) is 0 Å². The Hall–Kier alpha value is -2.10. The fraction of sp³-hybridized carbons (Fsp3) is 0.500. The van der Waals surface area contributed by atoms with Crippen LogP contribution in [0.25, 0.3) is 5.70 Å². The average Bonchev–Trinajstić information content (AvgIpc) is 2.52. The summed E-state index contributed by atoms with van der Waals surface area (Å²) in [6.45, 7) is 8.07. The number of carbonyl (C=O) groups is 1. The Bertz CT molecular complexity index is 615. The predicted molar refractivity (Wildman–Crippen MR) is 100 cm³/mol. The van der Waals surface area contributed by atoms with Crippen molar-refractivity contribution in [2.45, 2.75) is 47.0 Å². The highest BCUT2D eigenvalue weighted by atomic mass is 16.5. The number of aliphatic imine (C=N–C) groups is 1. The molecule has 0 bridgehead atoms. The first-order valence-corrected chi connectivity index (χ1v) is 8.39. The van der Waals surface area contributed by atoms with E-state index in [2.05, 4.69) is 31.8 Å². The zero-order valence-electron chi connectivity index (χ0n) is 15.7. The van der Waals surface area contributed by atoms with E-state index in [4.69, 9.17) is 9.47 Å². The van der Waals surface area contributed by atoms with Crippen molar-refractivity contribution in [2.75, 3.05) is 14.2 Å². The molecule has 132 valence electrons. The molecule has 0 aliphatic heterocycles. The number of nitrogens with zero attached hydrogens (tertiary/aromatic N) is 1. The van der Waals surface area contributed by atoms with E-state index in [1.165, 1.54) is 0 Å². The summed E-state index contributed by atoms with van der Waals surface area (Å²) in [7, 11) is 3.23. The van der Waals surface area contributed by atoms with Gasteiger partial charge in [0, 0.05) is 24.1 Å². The first-order valence-electron chi connectivity index (χ1n) is 8.39. The summed E-state index contributed by atoms with van der Waals surface area (Å²) in [4.78, 5) is 16.7. The molecular weight excluding hydrogens is 302 g/mol. The Balaban J connectivity index is 3.05. The molecule has 4 nitrogen and oxygen atoms in total. The van der Waals surface area contributed by atoms with Crippen molar-refractivity contribution in [1.29, 1.82) is 0 Å². The van der Waals surface area contributed by atoms with Gasteiger partial charge >= 0.3 is 0 Å². The summed E-state index contributed by atoms with van der Waals surface area (Å²) < 4.78 is 10.6. The normalized spacial score (nSPS) is 12.5. The minimum absolute atomic E-state index is 0.231. The zero-order valence-corrected chi connectivity index (χ0v) is 15.7. The van der Waals surface area contributed by atoms with Gasteiger partial charge in [-0.05, 0) is 37.5 Å². The molecule has 1 aromatic rings. The summed E-state index contributed by atoms with van der Waals surface area (Å²) in [5.74, 6) is 1.96. The maximum atomic E-state index is 12.0. The third kappa shape index (κ3) is 6.19. The number of ketones is 1. The Morgan fingerprint density at radius 2 is 1.88 bits per heavy atom. The summed E-state index contributed by atoms with van der Waals surface area (Å²) >= 11 is 0. The molecule has 0 saturated carbocycles. The molecule has 0 aliphatic carbocycles. The van der Waals surface area contributed by atoms with Crippen LogP contribution in [0.15, 0.2) is 29.3 Å². The number of allylic oxidation sites excluding steroid dienone is 1. The van der Waals surface area contributed by atoms with Crippen LogP contribution >= 0.6 is 0 Å². The van der Waals surface area contributed by atoms with E-state index in [0.717, 1.165) is 23.4 Å². The first kappa shape index (κ1) is 19.9. The number of ether oxygens (including phenoxy) is 2. The Morgan fingerprint density at radius 3 is 2.42 bits per heavy atom. The number of rotatable bonds is 9. The van der Waals surface area contributed by atoms with Gasteiger partial charge in [0.2, 0.25) is 0 Å². The van der Waals surface area contributed by atoms with E-state index in [9.17, 15) is 4.79 Å². The number of Topliss-reactive ketones (excluding diaryl/α,β-unsaturated/α-hetero) is 1. The van der Waals surface area contributed by atoms with Gasteiger partial charge in [-0.15, -0.1) is 0 Å². The maximum absolute atomic E-state index is 12.0. The van der Waals surface area contributed by atoms with E-state index in [0.29, 0.717) is 30.3 Å². The van der Waals surface area contributed by atoms with Crippen LogP contribution in [0.2, 0.25) is 0 Å². The predicted octanol–water partition coefficient (Wildman–Crippen LogP) is 4.92. The standard InChI is InChI=1S/C20H29NO3/c1-7-8-18(21-15(4)12-17(22)11-14(2)3)16-9-10-19(23-5)20(13-16)24-6/h8-10,13-14H,7,11-12H2,1-6H3/b18-8-,21-15?. The summed E-state index contributed by atoms with van der Waals surface area (Å²) in [6, 6.07) is 5.73. The molecule has 0 aliphatic rings. The number of carbonyl (C=O) groups excluding carboxylic acids is 1. The van der Waals surface area contributed by atoms with Crippen LogP contribution in [0.4, 0.5) is 0 Å². The number of hydrogen-bond acceptors (Lipinski definition) is 4. The first-order chi connectivity index (χ1) is 11.4. The number of hydrogen-bond donors (Lipinski definition) is 0. The lowest BCUT2D eigenvalue weighted by atomic mass is 10.0. The third-order valence-electron chi connectivity index (χ3n) is 3.48. The average molecular weight is 331 g/mol. The topological polar surface area (TPSA) is 47.9 Å².